The molecule has 160 valence electrons. The van der Waals surface area contributed by atoms with Crippen molar-refractivity contribution in [3.05, 3.63) is 75.0 Å². The predicted molar refractivity (Wildman–Crippen MR) is 103 cm³/mol. The number of likely N-dealkylation sites (N-methyl/N-ethyl adjacent to an activating group) is 1. The summed E-state index contributed by atoms with van der Waals surface area (Å²) in [6, 6.07) is 4.98. The number of sulfonamides is 1. The first-order valence-corrected chi connectivity index (χ1v) is 10.4. The van der Waals surface area contributed by atoms with Gasteiger partial charge in [-0.25, -0.2) is 21.6 Å². The van der Waals surface area contributed by atoms with Crippen LogP contribution in [0.3, 0.4) is 0 Å². The number of halogens is 3. The highest BCUT2D eigenvalue weighted by atomic mass is 32.2. The maximum atomic E-state index is 14.0. The second kappa shape index (κ2) is 7.49. The van der Waals surface area contributed by atoms with Crippen molar-refractivity contribution < 1.29 is 26.3 Å². The van der Waals surface area contributed by atoms with Crippen molar-refractivity contribution in [1.82, 2.24) is 9.29 Å². The zero-order chi connectivity index (χ0) is 22.5. The van der Waals surface area contributed by atoms with E-state index in [2.05, 4.69) is 4.98 Å². The Balaban J connectivity index is 1.90. The van der Waals surface area contributed by atoms with Gasteiger partial charge in [-0.1, -0.05) is 0 Å². The number of aromatic amines is 1. The van der Waals surface area contributed by atoms with E-state index in [1.165, 1.54) is 7.05 Å². The lowest BCUT2D eigenvalue weighted by atomic mass is 9.96. The summed E-state index contributed by atoms with van der Waals surface area (Å²) in [6.45, 7) is -0.186. The minimum Gasteiger partial charge on any atom is -0.373 e. The smallest absolute Gasteiger partial charge is 0.256 e. The number of nitrogens with one attached hydrogen (secondary N) is 1. The lowest BCUT2D eigenvalue weighted by molar-refractivity contribution is 0.0626. The maximum Gasteiger partial charge on any atom is 0.256 e. The summed E-state index contributed by atoms with van der Waals surface area (Å²) in [5, 5.41) is 8.93. The zero-order valence-corrected chi connectivity index (χ0v) is 16.8. The van der Waals surface area contributed by atoms with E-state index in [1.54, 1.807) is 6.07 Å². The van der Waals surface area contributed by atoms with Crippen LogP contribution in [0.25, 0.3) is 10.8 Å². The Morgan fingerprint density at radius 2 is 1.81 bits per heavy atom. The molecule has 11 heteroatoms. The van der Waals surface area contributed by atoms with Crippen molar-refractivity contribution in [2.45, 2.75) is 17.5 Å². The average Bonchev–Trinajstić information content (AvgIpc) is 2.74. The first kappa shape index (κ1) is 21.0. The van der Waals surface area contributed by atoms with E-state index < -0.39 is 44.6 Å². The van der Waals surface area contributed by atoms with Crippen molar-refractivity contribution >= 4 is 20.8 Å². The summed E-state index contributed by atoms with van der Waals surface area (Å²) in [5.74, 6) is -3.26. The average molecular weight is 449 g/mol. The van der Waals surface area contributed by atoms with Crippen LogP contribution in [0, 0.1) is 28.8 Å². The molecule has 0 amide bonds. The number of fused-ring (bicyclic) bond motifs is 3. The molecule has 3 aromatic rings. The molecule has 0 bridgehead atoms. The summed E-state index contributed by atoms with van der Waals surface area (Å²) in [5.41, 5.74) is -0.603. The Morgan fingerprint density at radius 3 is 2.48 bits per heavy atom. The Bertz CT molecular complexity index is 1430. The number of aromatic nitrogens is 1. The number of hydrogen-bond donors (Lipinski definition) is 1. The second-order valence-electron chi connectivity index (χ2n) is 6.96. The molecule has 2 aromatic carbocycles. The lowest BCUT2D eigenvalue weighted by Crippen LogP contribution is -2.37. The Hall–Kier alpha value is -3.20. The van der Waals surface area contributed by atoms with Crippen LogP contribution in [0.1, 0.15) is 22.9 Å². The third kappa shape index (κ3) is 3.38. The number of ether oxygens (including phenoxy) is 1. The van der Waals surface area contributed by atoms with Crippen molar-refractivity contribution in [1.29, 1.82) is 5.26 Å². The maximum absolute atomic E-state index is 14.0. The lowest BCUT2D eigenvalue weighted by Gasteiger charge is -2.33. The van der Waals surface area contributed by atoms with Crippen LogP contribution in [0.2, 0.25) is 0 Å². The summed E-state index contributed by atoms with van der Waals surface area (Å²) >= 11 is 0. The van der Waals surface area contributed by atoms with Crippen molar-refractivity contribution in [3.63, 3.8) is 0 Å². The number of pyridine rings is 1. The fraction of sp³-hybridized carbons (Fsp3) is 0.200. The van der Waals surface area contributed by atoms with Crippen LogP contribution in [-0.4, -0.2) is 31.4 Å². The largest absolute Gasteiger partial charge is 0.373 e. The molecule has 1 aromatic heterocycles. The zero-order valence-electron chi connectivity index (χ0n) is 15.9. The molecule has 31 heavy (non-hydrogen) atoms. The monoisotopic (exact) mass is 449 g/mol. The van der Waals surface area contributed by atoms with E-state index >= 15 is 0 Å². The van der Waals surface area contributed by atoms with E-state index in [0.29, 0.717) is 0 Å². The Morgan fingerprint density at radius 1 is 1.13 bits per heavy atom. The molecule has 1 atom stereocenters. The van der Waals surface area contributed by atoms with Gasteiger partial charge in [-0.15, -0.1) is 0 Å². The molecule has 0 aliphatic carbocycles. The quantitative estimate of drug-likeness (QED) is 0.662. The van der Waals surface area contributed by atoms with Crippen LogP contribution >= 0.6 is 0 Å². The highest BCUT2D eigenvalue weighted by molar-refractivity contribution is 7.89. The molecule has 0 radical (unpaired) electrons. The molecular formula is C20H14F3N3O4S. The molecule has 2 heterocycles. The van der Waals surface area contributed by atoms with Gasteiger partial charge in [0.1, 0.15) is 11.9 Å². The van der Waals surface area contributed by atoms with Gasteiger partial charge < -0.3 is 9.72 Å². The normalized spacial score (nSPS) is 16.3. The summed E-state index contributed by atoms with van der Waals surface area (Å²) in [7, 11) is -3.01. The van der Waals surface area contributed by atoms with Crippen molar-refractivity contribution in [2.75, 3.05) is 13.7 Å². The van der Waals surface area contributed by atoms with Crippen LogP contribution < -0.4 is 5.56 Å². The topological polar surface area (TPSA) is 103 Å². The molecule has 0 spiro atoms. The molecule has 0 saturated heterocycles. The number of rotatable bonds is 3. The number of benzene rings is 2. The molecule has 1 aliphatic heterocycles. The third-order valence-electron chi connectivity index (χ3n) is 5.21. The van der Waals surface area contributed by atoms with E-state index in [0.717, 1.165) is 34.6 Å². The van der Waals surface area contributed by atoms with Crippen LogP contribution in [0.5, 0.6) is 0 Å². The van der Waals surface area contributed by atoms with Crippen LogP contribution in [0.15, 0.2) is 40.0 Å². The van der Waals surface area contributed by atoms with Gasteiger partial charge >= 0.3 is 0 Å². The number of nitrogens with zero attached hydrogens (tertiary/aromatic N) is 2. The molecule has 0 unspecified atom stereocenters. The number of H-pyrrole nitrogens is 1. The molecule has 0 saturated carbocycles. The van der Waals surface area contributed by atoms with Crippen molar-refractivity contribution in [3.8, 4) is 6.07 Å². The highest BCUT2D eigenvalue weighted by Crippen LogP contribution is 2.36. The Kier molecular flexibility index (Phi) is 5.09. The van der Waals surface area contributed by atoms with E-state index in [-0.39, 0.29) is 40.1 Å². The minimum absolute atomic E-state index is 0.0565. The predicted octanol–water partition coefficient (Wildman–Crippen LogP) is 2.71. The molecule has 0 fully saturated rings. The van der Waals surface area contributed by atoms with E-state index in [1.807, 2.05) is 0 Å². The van der Waals surface area contributed by atoms with Gasteiger partial charge in [-0.3, -0.25) is 4.79 Å². The van der Waals surface area contributed by atoms with E-state index in [4.69, 9.17) is 10.00 Å². The van der Waals surface area contributed by atoms with Gasteiger partial charge in [0, 0.05) is 18.3 Å². The summed E-state index contributed by atoms with van der Waals surface area (Å²) < 4.78 is 74.1. The Labute approximate surface area is 174 Å². The molecule has 1 aliphatic rings. The first-order valence-electron chi connectivity index (χ1n) is 8.94. The van der Waals surface area contributed by atoms with Gasteiger partial charge in [-0.2, -0.15) is 9.57 Å². The fourth-order valence-corrected chi connectivity index (χ4v) is 4.95. The van der Waals surface area contributed by atoms with Crippen LogP contribution in [-0.2, 0) is 21.4 Å². The minimum atomic E-state index is -4.25. The standard InChI is InChI=1S/C20H14F3N3O4S/c1-26(31(28,29)11-2-3-14(21)10(4-11)7-24)18-9-30-8-17-19(18)12-5-15(22)16(23)6-13(12)20(27)25-17/h2-6,18H,8-9H2,1H3,(H,25,27)/t18-/m0/s1. The first-order chi connectivity index (χ1) is 14.6. The third-order valence-corrected chi connectivity index (χ3v) is 7.08. The molecule has 1 N–H and O–H groups in total. The second-order valence-corrected chi connectivity index (χ2v) is 8.96. The fourth-order valence-electron chi connectivity index (χ4n) is 3.61. The van der Waals surface area contributed by atoms with Gasteiger partial charge in [0.25, 0.3) is 5.56 Å². The van der Waals surface area contributed by atoms with Crippen molar-refractivity contribution in [2.24, 2.45) is 0 Å². The summed E-state index contributed by atoms with van der Waals surface area (Å²) in [6.07, 6.45) is 0. The van der Waals surface area contributed by atoms with Gasteiger partial charge in [0.15, 0.2) is 11.6 Å². The summed E-state index contributed by atoms with van der Waals surface area (Å²) in [4.78, 5) is 14.5. The van der Waals surface area contributed by atoms with Crippen LogP contribution in [0.4, 0.5) is 13.2 Å². The highest BCUT2D eigenvalue weighted by Gasteiger charge is 2.35. The SMILES string of the molecule is CN([C@H]1COCc2[nH]c(=O)c3cc(F)c(F)cc3c21)S(=O)(=O)c1ccc(F)c(C#N)c1. The van der Waals surface area contributed by atoms with Gasteiger partial charge in [-0.05, 0) is 35.7 Å². The molecule has 4 rings (SSSR count). The number of hydrogen-bond acceptors (Lipinski definition) is 5. The van der Waals surface area contributed by atoms with Gasteiger partial charge in [0.05, 0.1) is 35.1 Å². The molecular weight excluding hydrogens is 435 g/mol. The van der Waals surface area contributed by atoms with E-state index in [9.17, 15) is 26.4 Å². The van der Waals surface area contributed by atoms with Gasteiger partial charge in [0.2, 0.25) is 10.0 Å². The number of nitriles is 1. The molecule has 7 nitrogen and oxygen atoms in total.